The highest BCUT2D eigenvalue weighted by atomic mass is 19.1. The van der Waals surface area contributed by atoms with Gasteiger partial charge in [0.15, 0.2) is 11.6 Å². The molecule has 0 bridgehead atoms. The van der Waals surface area contributed by atoms with Crippen molar-refractivity contribution in [1.29, 1.82) is 0 Å². The van der Waals surface area contributed by atoms with Crippen molar-refractivity contribution < 1.29 is 13.5 Å². The fraction of sp³-hybridized carbons (Fsp3) is 0.429. The number of fused-ring (bicyclic) bond motifs is 1. The summed E-state index contributed by atoms with van der Waals surface area (Å²) in [6.45, 7) is 6.18. The van der Waals surface area contributed by atoms with Gasteiger partial charge < -0.3 is 4.74 Å². The smallest absolute Gasteiger partial charge is 0.165 e. The lowest BCUT2D eigenvalue weighted by Gasteiger charge is -2.41. The topological polar surface area (TPSA) is 9.23 Å². The molecule has 0 amide bonds. The third kappa shape index (κ3) is 4.92. The first-order valence-corrected chi connectivity index (χ1v) is 11.5. The number of hydrogen-bond acceptors (Lipinski definition) is 1. The van der Waals surface area contributed by atoms with E-state index in [1.165, 1.54) is 31.7 Å². The van der Waals surface area contributed by atoms with Crippen molar-refractivity contribution in [3.05, 3.63) is 78.4 Å². The zero-order valence-corrected chi connectivity index (χ0v) is 18.3. The van der Waals surface area contributed by atoms with E-state index in [2.05, 4.69) is 12.7 Å². The van der Waals surface area contributed by atoms with Gasteiger partial charge in [-0.15, -0.1) is 6.58 Å². The van der Waals surface area contributed by atoms with Crippen LogP contribution in [0.4, 0.5) is 8.78 Å². The van der Waals surface area contributed by atoms with Crippen LogP contribution < -0.4 is 4.74 Å². The highest BCUT2D eigenvalue weighted by Gasteiger charge is 2.35. The number of rotatable bonds is 6. The van der Waals surface area contributed by atoms with E-state index < -0.39 is 5.82 Å². The second kappa shape index (κ2) is 9.80. The Balaban J connectivity index is 1.46. The Morgan fingerprint density at radius 3 is 2.52 bits per heavy atom. The summed E-state index contributed by atoms with van der Waals surface area (Å²) >= 11 is 0. The fourth-order valence-electron chi connectivity index (χ4n) is 5.48. The number of hydrogen-bond donors (Lipinski definition) is 0. The first kappa shape index (κ1) is 21.8. The average molecular weight is 423 g/mol. The lowest BCUT2D eigenvalue weighted by molar-refractivity contribution is 0.133. The van der Waals surface area contributed by atoms with Gasteiger partial charge in [-0.25, -0.2) is 8.78 Å². The summed E-state index contributed by atoms with van der Waals surface area (Å²) in [5, 5.41) is 0. The third-order valence-corrected chi connectivity index (χ3v) is 7.27. The average Bonchev–Trinajstić information content (AvgIpc) is 2.79. The van der Waals surface area contributed by atoms with Crippen molar-refractivity contribution in [2.24, 2.45) is 17.8 Å². The van der Waals surface area contributed by atoms with Gasteiger partial charge in [0.2, 0.25) is 0 Å². The second-order valence-corrected chi connectivity index (χ2v) is 9.10. The van der Waals surface area contributed by atoms with Crippen LogP contribution >= 0.6 is 0 Å². The van der Waals surface area contributed by atoms with Gasteiger partial charge >= 0.3 is 0 Å². The van der Waals surface area contributed by atoms with E-state index >= 15 is 4.39 Å². The van der Waals surface area contributed by atoms with E-state index in [1.807, 2.05) is 25.1 Å². The van der Waals surface area contributed by atoms with Gasteiger partial charge in [-0.05, 0) is 98.4 Å². The molecule has 164 valence electrons. The van der Waals surface area contributed by atoms with E-state index in [0.29, 0.717) is 29.6 Å². The quantitative estimate of drug-likeness (QED) is 0.428. The molecule has 0 saturated heterocycles. The van der Waals surface area contributed by atoms with Crippen LogP contribution in [0.2, 0.25) is 0 Å². The van der Waals surface area contributed by atoms with E-state index in [0.717, 1.165) is 30.2 Å². The molecule has 1 nitrogen and oxygen atoms in total. The molecule has 0 spiro atoms. The number of ether oxygens (including phenoxy) is 1. The number of benzene rings is 2. The zero-order valence-electron chi connectivity index (χ0n) is 18.3. The summed E-state index contributed by atoms with van der Waals surface area (Å²) in [5.41, 5.74) is 2.05. The highest BCUT2D eigenvalue weighted by Crippen LogP contribution is 2.48. The first-order valence-electron chi connectivity index (χ1n) is 11.5. The number of allylic oxidation sites excluding steroid dienone is 2. The van der Waals surface area contributed by atoms with Gasteiger partial charge in [-0.3, -0.25) is 0 Å². The third-order valence-electron chi connectivity index (χ3n) is 7.27. The highest BCUT2D eigenvalue weighted by molar-refractivity contribution is 5.65. The lowest BCUT2D eigenvalue weighted by Crippen LogP contribution is -2.29. The Labute approximate surface area is 184 Å². The van der Waals surface area contributed by atoms with Crippen LogP contribution in [0.3, 0.4) is 0 Å². The molecule has 0 aliphatic heterocycles. The summed E-state index contributed by atoms with van der Waals surface area (Å²) < 4.78 is 34.8. The van der Waals surface area contributed by atoms with Crippen LogP contribution in [0.5, 0.6) is 5.75 Å². The standard InChI is InChI=1S/C28H32F2O/c1-3-5-14-31-28-13-11-24(18-27(28)30)25-12-10-23(17-26(25)29)22-9-8-20-15-19(4-2)6-7-21(20)16-22/h3-5,10-13,17-22H,2,6-9,14-16H2,1H3/b5-3+. The molecule has 4 atom stereocenters. The molecular formula is C28H32F2O. The Hall–Kier alpha value is -2.42. The molecule has 2 aromatic rings. The second-order valence-electron chi connectivity index (χ2n) is 9.10. The van der Waals surface area contributed by atoms with Crippen molar-refractivity contribution in [2.45, 2.75) is 51.4 Å². The Morgan fingerprint density at radius 1 is 0.968 bits per heavy atom. The normalized spacial score (nSPS) is 25.9. The molecule has 2 aliphatic carbocycles. The molecule has 0 radical (unpaired) electrons. The molecular weight excluding hydrogens is 390 g/mol. The van der Waals surface area contributed by atoms with Crippen LogP contribution in [0.25, 0.3) is 11.1 Å². The van der Waals surface area contributed by atoms with Crippen molar-refractivity contribution >= 4 is 0 Å². The lowest BCUT2D eigenvalue weighted by atomic mass is 9.64. The Bertz CT molecular complexity index is 948. The van der Waals surface area contributed by atoms with Crippen molar-refractivity contribution in [3.8, 4) is 16.9 Å². The molecule has 4 rings (SSSR count). The molecule has 0 N–H and O–H groups in total. The predicted octanol–water partition coefficient (Wildman–Crippen LogP) is 8.07. The maximum atomic E-state index is 15.0. The van der Waals surface area contributed by atoms with Crippen LogP contribution in [0.1, 0.15) is 56.9 Å². The molecule has 3 heteroatoms. The summed E-state index contributed by atoms with van der Waals surface area (Å²) in [6.07, 6.45) is 13.1. The first-order chi connectivity index (χ1) is 15.1. The summed E-state index contributed by atoms with van der Waals surface area (Å²) in [4.78, 5) is 0. The minimum atomic E-state index is -0.473. The largest absolute Gasteiger partial charge is 0.486 e. The minimum Gasteiger partial charge on any atom is -0.486 e. The maximum Gasteiger partial charge on any atom is 0.165 e. The fourth-order valence-corrected chi connectivity index (χ4v) is 5.48. The van der Waals surface area contributed by atoms with Crippen molar-refractivity contribution in [2.75, 3.05) is 6.61 Å². The van der Waals surface area contributed by atoms with Crippen LogP contribution in [0.15, 0.2) is 61.2 Å². The van der Waals surface area contributed by atoms with E-state index in [9.17, 15) is 4.39 Å². The zero-order chi connectivity index (χ0) is 21.8. The Kier molecular flexibility index (Phi) is 6.89. The van der Waals surface area contributed by atoms with Gasteiger partial charge in [-0.1, -0.05) is 36.4 Å². The Morgan fingerprint density at radius 2 is 1.77 bits per heavy atom. The van der Waals surface area contributed by atoms with Crippen LogP contribution in [-0.4, -0.2) is 6.61 Å². The molecule has 2 fully saturated rings. The van der Waals surface area contributed by atoms with Crippen molar-refractivity contribution in [1.82, 2.24) is 0 Å². The van der Waals surface area contributed by atoms with Crippen molar-refractivity contribution in [3.63, 3.8) is 0 Å². The maximum absolute atomic E-state index is 15.0. The monoisotopic (exact) mass is 422 g/mol. The molecule has 4 unspecified atom stereocenters. The van der Waals surface area contributed by atoms with Gasteiger partial charge in [0, 0.05) is 5.56 Å². The van der Waals surface area contributed by atoms with Crippen LogP contribution in [0, 0.1) is 29.4 Å². The predicted molar refractivity (Wildman–Crippen MR) is 123 cm³/mol. The molecule has 2 aliphatic rings. The van der Waals surface area contributed by atoms with Crippen LogP contribution in [-0.2, 0) is 0 Å². The molecule has 2 saturated carbocycles. The molecule has 0 aromatic heterocycles. The van der Waals surface area contributed by atoms with E-state index in [-0.39, 0.29) is 11.6 Å². The van der Waals surface area contributed by atoms with Gasteiger partial charge in [0.25, 0.3) is 0 Å². The molecule has 2 aromatic carbocycles. The summed E-state index contributed by atoms with van der Waals surface area (Å²) in [6, 6.07) is 10.2. The summed E-state index contributed by atoms with van der Waals surface area (Å²) in [7, 11) is 0. The van der Waals surface area contributed by atoms with Gasteiger partial charge in [0.1, 0.15) is 12.4 Å². The number of halogens is 2. The SMILES string of the molecule is C=CC1CCC2CC(c3ccc(-c4ccc(OC/C=C/C)c(F)c4)c(F)c3)CCC2C1. The summed E-state index contributed by atoms with van der Waals surface area (Å²) in [5.74, 6) is 2.08. The van der Waals surface area contributed by atoms with Gasteiger partial charge in [-0.2, -0.15) is 0 Å². The van der Waals surface area contributed by atoms with Gasteiger partial charge in [0.05, 0.1) is 0 Å². The van der Waals surface area contributed by atoms with E-state index in [4.69, 9.17) is 4.74 Å². The minimum absolute atomic E-state index is 0.182. The molecule has 0 heterocycles. The molecule has 31 heavy (non-hydrogen) atoms. The van der Waals surface area contributed by atoms with E-state index in [1.54, 1.807) is 24.3 Å².